The zero-order valence-electron chi connectivity index (χ0n) is 13.8. The van der Waals surface area contributed by atoms with Gasteiger partial charge in [0.25, 0.3) is 5.78 Å². The summed E-state index contributed by atoms with van der Waals surface area (Å²) in [5.74, 6) is -0.464. The number of anilines is 1. The van der Waals surface area contributed by atoms with E-state index >= 15 is 0 Å². The monoisotopic (exact) mass is 365 g/mol. The molecule has 2 aromatic heterocycles. The molecule has 26 heavy (non-hydrogen) atoms. The van der Waals surface area contributed by atoms with E-state index in [1.807, 2.05) is 0 Å². The Balaban J connectivity index is 1.87. The maximum Gasteiger partial charge on any atom is 0.433 e. The first-order valence-corrected chi connectivity index (χ1v) is 7.61. The second-order valence-electron chi connectivity index (χ2n) is 5.72. The topological polar surface area (TPSA) is 81.4 Å². The van der Waals surface area contributed by atoms with Crippen LogP contribution in [0.3, 0.4) is 0 Å². The fourth-order valence-corrected chi connectivity index (χ4v) is 2.02. The number of aromatic nitrogens is 4. The molecule has 136 valence electrons. The van der Waals surface area contributed by atoms with Crippen LogP contribution in [0.5, 0.6) is 11.6 Å². The quantitative estimate of drug-likeness (QED) is 0.765. The lowest BCUT2D eigenvalue weighted by Gasteiger charge is -2.11. The van der Waals surface area contributed by atoms with Crippen LogP contribution < -0.4 is 10.1 Å². The molecule has 0 saturated carbocycles. The average molecular weight is 365 g/mol. The lowest BCUT2D eigenvalue weighted by atomic mass is 10.2. The number of carbonyl (C=O) groups is 1. The molecule has 1 amide bonds. The number of benzene rings is 1. The highest BCUT2D eigenvalue weighted by Crippen LogP contribution is 2.31. The Bertz CT molecular complexity index is 935. The van der Waals surface area contributed by atoms with Crippen LogP contribution in [0.4, 0.5) is 18.9 Å². The van der Waals surface area contributed by atoms with Crippen molar-refractivity contribution < 1.29 is 22.7 Å². The van der Waals surface area contributed by atoms with Gasteiger partial charge in [-0.3, -0.25) is 4.79 Å². The summed E-state index contributed by atoms with van der Waals surface area (Å²) in [5, 5.41) is 6.51. The molecule has 7 nitrogen and oxygen atoms in total. The van der Waals surface area contributed by atoms with Crippen molar-refractivity contribution in [3.8, 4) is 11.6 Å². The summed E-state index contributed by atoms with van der Waals surface area (Å²) in [5.41, 5.74) is -0.582. The van der Waals surface area contributed by atoms with Gasteiger partial charge in [-0.25, -0.2) is 4.98 Å². The molecule has 0 saturated heterocycles. The number of nitrogens with one attached hydrogen (secondary N) is 1. The lowest BCUT2D eigenvalue weighted by Crippen LogP contribution is -2.17. The molecule has 0 aliphatic carbocycles. The summed E-state index contributed by atoms with van der Waals surface area (Å²) < 4.78 is 45.5. The van der Waals surface area contributed by atoms with Crippen LogP contribution in [-0.4, -0.2) is 25.5 Å². The fourth-order valence-electron chi connectivity index (χ4n) is 2.02. The molecule has 0 aliphatic heterocycles. The number of halogens is 3. The number of fused-ring (bicyclic) bond motifs is 1. The maximum absolute atomic E-state index is 13.0. The van der Waals surface area contributed by atoms with E-state index in [1.165, 1.54) is 12.1 Å². The number of rotatable bonds is 4. The summed E-state index contributed by atoms with van der Waals surface area (Å²) in [6, 6.07) is 6.95. The Hall–Kier alpha value is -3.17. The Labute approximate surface area is 145 Å². The average Bonchev–Trinajstić information content (AvgIpc) is 3.04. The standard InChI is InChI=1S/C16H14F3N5O2/c1-9(2)14(25)22-10-3-5-11(6-4-10)26-13-7-12(16(17,18)19)23-15-20-8-21-24(13)15/h3-9H,1-2H3,(H,22,25). The number of hydrogen-bond acceptors (Lipinski definition) is 5. The summed E-state index contributed by atoms with van der Waals surface area (Å²) >= 11 is 0. The highest BCUT2D eigenvalue weighted by atomic mass is 19.4. The first-order valence-electron chi connectivity index (χ1n) is 7.61. The van der Waals surface area contributed by atoms with Gasteiger partial charge in [0.1, 0.15) is 12.1 Å². The molecule has 0 fully saturated rings. The Morgan fingerprint density at radius 2 is 1.92 bits per heavy atom. The molecular formula is C16H14F3N5O2. The summed E-state index contributed by atoms with van der Waals surface area (Å²) in [4.78, 5) is 18.7. The van der Waals surface area contributed by atoms with E-state index in [2.05, 4.69) is 20.4 Å². The predicted molar refractivity (Wildman–Crippen MR) is 85.8 cm³/mol. The van der Waals surface area contributed by atoms with Crippen molar-refractivity contribution in [3.05, 3.63) is 42.4 Å². The summed E-state index contributed by atoms with van der Waals surface area (Å²) in [7, 11) is 0. The number of ether oxygens (including phenoxy) is 1. The minimum atomic E-state index is -4.64. The molecule has 3 aromatic rings. The summed E-state index contributed by atoms with van der Waals surface area (Å²) in [6.07, 6.45) is -3.56. The lowest BCUT2D eigenvalue weighted by molar-refractivity contribution is -0.141. The molecule has 0 atom stereocenters. The number of hydrogen-bond donors (Lipinski definition) is 1. The summed E-state index contributed by atoms with van der Waals surface area (Å²) in [6.45, 7) is 3.52. The third-order valence-corrected chi connectivity index (χ3v) is 3.38. The molecule has 1 aromatic carbocycles. The third-order valence-electron chi connectivity index (χ3n) is 3.38. The largest absolute Gasteiger partial charge is 0.439 e. The number of nitrogens with zero attached hydrogens (tertiary/aromatic N) is 4. The van der Waals surface area contributed by atoms with Crippen LogP contribution in [0, 0.1) is 5.92 Å². The fraction of sp³-hybridized carbons (Fsp3) is 0.250. The second-order valence-corrected chi connectivity index (χ2v) is 5.72. The van der Waals surface area contributed by atoms with Crippen molar-refractivity contribution in [1.29, 1.82) is 0 Å². The molecule has 3 rings (SSSR count). The highest BCUT2D eigenvalue weighted by Gasteiger charge is 2.34. The molecule has 0 unspecified atom stereocenters. The van der Waals surface area contributed by atoms with Gasteiger partial charge in [-0.2, -0.15) is 27.8 Å². The van der Waals surface area contributed by atoms with Crippen LogP contribution in [-0.2, 0) is 11.0 Å². The van der Waals surface area contributed by atoms with E-state index in [-0.39, 0.29) is 29.2 Å². The SMILES string of the molecule is CC(C)C(=O)Nc1ccc(Oc2cc(C(F)(F)F)nc3ncnn23)cc1. The second kappa shape index (κ2) is 6.62. The number of amides is 1. The van der Waals surface area contributed by atoms with Gasteiger partial charge >= 0.3 is 6.18 Å². The molecular weight excluding hydrogens is 351 g/mol. The van der Waals surface area contributed by atoms with Crippen LogP contribution >= 0.6 is 0 Å². The third kappa shape index (κ3) is 3.73. The van der Waals surface area contributed by atoms with Gasteiger partial charge in [0.05, 0.1) is 0 Å². The van der Waals surface area contributed by atoms with Gasteiger partial charge in [0.15, 0.2) is 5.69 Å². The van der Waals surface area contributed by atoms with Crippen molar-refractivity contribution in [1.82, 2.24) is 19.6 Å². The molecule has 1 N–H and O–H groups in total. The number of carbonyl (C=O) groups excluding carboxylic acids is 1. The van der Waals surface area contributed by atoms with Crippen molar-refractivity contribution in [2.45, 2.75) is 20.0 Å². The van der Waals surface area contributed by atoms with Crippen LogP contribution in [0.25, 0.3) is 5.78 Å². The van der Waals surface area contributed by atoms with Gasteiger partial charge in [-0.1, -0.05) is 13.8 Å². The minimum absolute atomic E-state index is 0.146. The zero-order chi connectivity index (χ0) is 18.9. The van der Waals surface area contributed by atoms with E-state index in [1.54, 1.807) is 26.0 Å². The van der Waals surface area contributed by atoms with Crippen molar-refractivity contribution >= 4 is 17.4 Å². The molecule has 0 spiro atoms. The zero-order valence-corrected chi connectivity index (χ0v) is 13.8. The van der Waals surface area contributed by atoms with Gasteiger partial charge < -0.3 is 10.1 Å². The van der Waals surface area contributed by atoms with Crippen molar-refractivity contribution in [3.63, 3.8) is 0 Å². The van der Waals surface area contributed by atoms with E-state index in [9.17, 15) is 18.0 Å². The van der Waals surface area contributed by atoms with Crippen molar-refractivity contribution in [2.75, 3.05) is 5.32 Å². The smallest absolute Gasteiger partial charge is 0.433 e. The maximum atomic E-state index is 13.0. The van der Waals surface area contributed by atoms with E-state index < -0.39 is 11.9 Å². The van der Waals surface area contributed by atoms with Gasteiger partial charge in [0.2, 0.25) is 11.8 Å². The molecule has 10 heteroatoms. The first-order chi connectivity index (χ1) is 12.2. The Kier molecular flexibility index (Phi) is 4.49. The van der Waals surface area contributed by atoms with Gasteiger partial charge in [0, 0.05) is 17.7 Å². The molecule has 0 aliphatic rings. The highest BCUT2D eigenvalue weighted by molar-refractivity contribution is 5.92. The van der Waals surface area contributed by atoms with E-state index in [0.717, 1.165) is 16.9 Å². The van der Waals surface area contributed by atoms with E-state index in [0.29, 0.717) is 5.69 Å². The Morgan fingerprint density at radius 3 is 2.54 bits per heavy atom. The normalized spacial score (nSPS) is 11.8. The predicted octanol–water partition coefficient (Wildman–Crippen LogP) is 3.53. The molecule has 0 radical (unpaired) electrons. The van der Waals surface area contributed by atoms with E-state index in [4.69, 9.17) is 4.74 Å². The molecule has 2 heterocycles. The van der Waals surface area contributed by atoms with Gasteiger partial charge in [-0.05, 0) is 24.3 Å². The first kappa shape index (κ1) is 17.6. The van der Waals surface area contributed by atoms with Crippen LogP contribution in [0.15, 0.2) is 36.7 Å². The minimum Gasteiger partial charge on any atom is -0.439 e. The Morgan fingerprint density at radius 1 is 1.23 bits per heavy atom. The molecule has 0 bridgehead atoms. The van der Waals surface area contributed by atoms with Crippen molar-refractivity contribution in [2.24, 2.45) is 5.92 Å². The van der Waals surface area contributed by atoms with Gasteiger partial charge in [-0.15, -0.1) is 0 Å². The number of alkyl halides is 3. The van der Waals surface area contributed by atoms with Crippen LogP contribution in [0.1, 0.15) is 19.5 Å². The van der Waals surface area contributed by atoms with Crippen LogP contribution in [0.2, 0.25) is 0 Å².